The van der Waals surface area contributed by atoms with Gasteiger partial charge in [0.05, 0.1) is 6.61 Å². The summed E-state index contributed by atoms with van der Waals surface area (Å²) in [6.07, 6.45) is 0. The van der Waals surface area contributed by atoms with E-state index in [1.807, 2.05) is 31.2 Å². The van der Waals surface area contributed by atoms with Gasteiger partial charge in [-0.05, 0) is 24.6 Å². The first-order valence-corrected chi connectivity index (χ1v) is 5.00. The van der Waals surface area contributed by atoms with Gasteiger partial charge >= 0.3 is 0 Å². The molecule has 0 heterocycles. The van der Waals surface area contributed by atoms with Crippen LogP contribution < -0.4 is 10.5 Å². The average molecular weight is 197 g/mol. The van der Waals surface area contributed by atoms with Gasteiger partial charge in [0.15, 0.2) is 0 Å². The van der Waals surface area contributed by atoms with Gasteiger partial charge in [0.2, 0.25) is 0 Å². The van der Waals surface area contributed by atoms with Gasteiger partial charge in [0.1, 0.15) is 5.75 Å². The molecule has 1 atom stereocenters. The summed E-state index contributed by atoms with van der Waals surface area (Å²) in [4.78, 5) is 0. The summed E-state index contributed by atoms with van der Waals surface area (Å²) in [5.41, 5.74) is 6.90. The summed E-state index contributed by atoms with van der Waals surface area (Å²) in [6, 6.07) is 7.83. The van der Waals surface area contributed by atoms with Crippen molar-refractivity contribution in [2.45, 2.75) is 13.0 Å². The van der Waals surface area contributed by atoms with Gasteiger partial charge in [0, 0.05) is 11.8 Å². The second kappa shape index (κ2) is 5.14. The van der Waals surface area contributed by atoms with Gasteiger partial charge in [-0.25, -0.2) is 0 Å². The molecule has 0 radical (unpaired) electrons. The Hall–Kier alpha value is -0.670. The van der Waals surface area contributed by atoms with E-state index in [2.05, 4.69) is 12.6 Å². The molecule has 0 bridgehead atoms. The van der Waals surface area contributed by atoms with E-state index in [1.54, 1.807) is 0 Å². The quantitative estimate of drug-likeness (QED) is 0.724. The van der Waals surface area contributed by atoms with Crippen LogP contribution in [0.5, 0.6) is 5.75 Å². The Kier molecular flexibility index (Phi) is 4.12. The highest BCUT2D eigenvalue weighted by Gasteiger charge is 2.02. The monoisotopic (exact) mass is 197 g/mol. The van der Waals surface area contributed by atoms with E-state index in [4.69, 9.17) is 10.5 Å². The molecular formula is C10H15NOS. The van der Waals surface area contributed by atoms with Crippen molar-refractivity contribution in [2.24, 2.45) is 5.73 Å². The van der Waals surface area contributed by atoms with Gasteiger partial charge in [-0.15, -0.1) is 0 Å². The molecule has 1 aromatic carbocycles. The van der Waals surface area contributed by atoms with Crippen molar-refractivity contribution in [3.8, 4) is 5.75 Å². The maximum absolute atomic E-state index is 5.80. The number of ether oxygens (including phenoxy) is 1. The van der Waals surface area contributed by atoms with E-state index < -0.39 is 0 Å². The van der Waals surface area contributed by atoms with Crippen molar-refractivity contribution in [3.63, 3.8) is 0 Å². The van der Waals surface area contributed by atoms with E-state index >= 15 is 0 Å². The minimum absolute atomic E-state index is 0.0130. The minimum Gasteiger partial charge on any atom is -0.494 e. The minimum atomic E-state index is 0.0130. The normalized spacial score (nSPS) is 12.5. The smallest absolute Gasteiger partial charge is 0.119 e. The van der Waals surface area contributed by atoms with Crippen LogP contribution in [-0.2, 0) is 0 Å². The van der Waals surface area contributed by atoms with Crippen molar-refractivity contribution in [2.75, 3.05) is 12.4 Å². The first-order chi connectivity index (χ1) is 6.27. The molecule has 72 valence electrons. The van der Waals surface area contributed by atoms with Crippen LogP contribution in [0.2, 0.25) is 0 Å². The highest BCUT2D eigenvalue weighted by atomic mass is 32.1. The predicted molar refractivity (Wildman–Crippen MR) is 58.4 cm³/mol. The molecule has 2 N–H and O–H groups in total. The SMILES string of the molecule is CCOc1ccc(C(N)CS)cc1. The number of nitrogens with two attached hydrogens (primary N) is 1. The summed E-state index contributed by atoms with van der Waals surface area (Å²) in [7, 11) is 0. The van der Waals surface area contributed by atoms with Crippen LogP contribution in [0.15, 0.2) is 24.3 Å². The van der Waals surface area contributed by atoms with Crippen LogP contribution in [-0.4, -0.2) is 12.4 Å². The predicted octanol–water partition coefficient (Wildman–Crippen LogP) is 2.01. The van der Waals surface area contributed by atoms with Crippen LogP contribution in [0.1, 0.15) is 18.5 Å². The van der Waals surface area contributed by atoms with Crippen molar-refractivity contribution >= 4 is 12.6 Å². The first kappa shape index (κ1) is 10.4. The largest absolute Gasteiger partial charge is 0.494 e. The van der Waals surface area contributed by atoms with Gasteiger partial charge in [-0.3, -0.25) is 0 Å². The maximum Gasteiger partial charge on any atom is 0.119 e. The highest BCUT2D eigenvalue weighted by Crippen LogP contribution is 2.16. The van der Waals surface area contributed by atoms with E-state index in [0.717, 1.165) is 11.3 Å². The van der Waals surface area contributed by atoms with Crippen LogP contribution >= 0.6 is 12.6 Å². The van der Waals surface area contributed by atoms with Crippen LogP contribution in [0.4, 0.5) is 0 Å². The lowest BCUT2D eigenvalue weighted by atomic mass is 10.1. The molecule has 0 saturated heterocycles. The summed E-state index contributed by atoms with van der Waals surface area (Å²) in [5.74, 6) is 1.55. The summed E-state index contributed by atoms with van der Waals surface area (Å²) < 4.78 is 5.31. The zero-order valence-corrected chi connectivity index (χ0v) is 8.63. The lowest BCUT2D eigenvalue weighted by Gasteiger charge is -2.09. The molecule has 1 rings (SSSR count). The van der Waals surface area contributed by atoms with E-state index in [9.17, 15) is 0 Å². The van der Waals surface area contributed by atoms with Crippen molar-refractivity contribution in [3.05, 3.63) is 29.8 Å². The third kappa shape index (κ3) is 2.94. The molecule has 3 heteroatoms. The molecule has 0 aliphatic carbocycles. The van der Waals surface area contributed by atoms with Crippen LogP contribution in [0, 0.1) is 0 Å². The van der Waals surface area contributed by atoms with Crippen LogP contribution in [0.25, 0.3) is 0 Å². The zero-order chi connectivity index (χ0) is 9.68. The fraction of sp³-hybridized carbons (Fsp3) is 0.400. The molecule has 0 amide bonds. The molecule has 0 aliphatic heterocycles. The molecule has 0 spiro atoms. The van der Waals surface area contributed by atoms with Gasteiger partial charge in [0.25, 0.3) is 0 Å². The van der Waals surface area contributed by atoms with E-state index in [0.29, 0.717) is 12.4 Å². The number of benzene rings is 1. The lowest BCUT2D eigenvalue weighted by molar-refractivity contribution is 0.340. The maximum atomic E-state index is 5.80. The molecule has 0 fully saturated rings. The van der Waals surface area contributed by atoms with Crippen molar-refractivity contribution in [1.29, 1.82) is 0 Å². The Morgan fingerprint density at radius 3 is 2.46 bits per heavy atom. The molecule has 13 heavy (non-hydrogen) atoms. The Morgan fingerprint density at radius 2 is 2.00 bits per heavy atom. The van der Waals surface area contributed by atoms with Crippen molar-refractivity contribution in [1.82, 2.24) is 0 Å². The Labute approximate surface area is 84.5 Å². The number of hydrogen-bond acceptors (Lipinski definition) is 3. The highest BCUT2D eigenvalue weighted by molar-refractivity contribution is 7.80. The van der Waals surface area contributed by atoms with E-state index in [-0.39, 0.29) is 6.04 Å². The number of hydrogen-bond donors (Lipinski definition) is 2. The zero-order valence-electron chi connectivity index (χ0n) is 7.73. The first-order valence-electron chi connectivity index (χ1n) is 4.37. The third-order valence-electron chi connectivity index (χ3n) is 1.82. The Balaban J connectivity index is 2.69. The number of rotatable bonds is 4. The molecule has 1 unspecified atom stereocenters. The fourth-order valence-corrected chi connectivity index (χ4v) is 1.29. The van der Waals surface area contributed by atoms with E-state index in [1.165, 1.54) is 0 Å². The van der Waals surface area contributed by atoms with Gasteiger partial charge < -0.3 is 10.5 Å². The Bertz CT molecular complexity index is 248. The van der Waals surface area contributed by atoms with Crippen molar-refractivity contribution < 1.29 is 4.74 Å². The third-order valence-corrected chi connectivity index (χ3v) is 2.21. The molecule has 0 aliphatic rings. The molecule has 2 nitrogen and oxygen atoms in total. The molecule has 0 aromatic heterocycles. The van der Waals surface area contributed by atoms with Gasteiger partial charge in [-0.1, -0.05) is 12.1 Å². The summed E-state index contributed by atoms with van der Waals surface area (Å²) >= 11 is 4.14. The topological polar surface area (TPSA) is 35.2 Å². The molecule has 0 saturated carbocycles. The molecular weight excluding hydrogens is 182 g/mol. The Morgan fingerprint density at radius 1 is 1.38 bits per heavy atom. The average Bonchev–Trinajstić information content (AvgIpc) is 2.18. The second-order valence-electron chi connectivity index (χ2n) is 2.79. The van der Waals surface area contributed by atoms with Gasteiger partial charge in [-0.2, -0.15) is 12.6 Å². The summed E-state index contributed by atoms with van der Waals surface area (Å²) in [5, 5.41) is 0. The molecule has 1 aromatic rings. The van der Waals surface area contributed by atoms with Crippen LogP contribution in [0.3, 0.4) is 0 Å². The fourth-order valence-electron chi connectivity index (χ4n) is 1.08. The second-order valence-corrected chi connectivity index (χ2v) is 3.16. The number of thiol groups is 1. The lowest BCUT2D eigenvalue weighted by Crippen LogP contribution is -2.11. The summed E-state index contributed by atoms with van der Waals surface area (Å²) in [6.45, 7) is 2.66. The standard InChI is InChI=1S/C10H15NOS/c1-2-12-9-5-3-8(4-6-9)10(11)7-13/h3-6,10,13H,2,7,11H2,1H3.